The second kappa shape index (κ2) is 6.36. The van der Waals surface area contributed by atoms with Gasteiger partial charge < -0.3 is 9.68 Å². The van der Waals surface area contributed by atoms with Gasteiger partial charge >= 0.3 is 6.16 Å². The summed E-state index contributed by atoms with van der Waals surface area (Å²) < 4.78 is 0. The molecule has 0 fully saturated rings. The van der Waals surface area contributed by atoms with Crippen molar-refractivity contribution in [3.63, 3.8) is 0 Å². The maximum absolute atomic E-state index is 12.1. The molecule has 0 aliphatic heterocycles. The Morgan fingerprint density at radius 2 is 2.11 bits per heavy atom. The van der Waals surface area contributed by atoms with Crippen LogP contribution in [0.1, 0.15) is 17.3 Å². The standard InChI is InChI=1S/C11H13N3O4/c1-3-14(18-11(16)17-12)10(15)8-6-4-5-7-9(8)13-2/h4-7H,2-3,12H2,1H3. The summed E-state index contributed by atoms with van der Waals surface area (Å²) in [6.45, 7) is 5.13. The molecule has 0 spiro atoms. The average molecular weight is 251 g/mol. The van der Waals surface area contributed by atoms with E-state index < -0.39 is 12.1 Å². The Hall–Kier alpha value is -2.41. The lowest BCUT2D eigenvalue weighted by Crippen LogP contribution is -2.34. The number of hydrogen-bond acceptors (Lipinski definition) is 6. The van der Waals surface area contributed by atoms with Crippen LogP contribution in [0.15, 0.2) is 29.3 Å². The molecule has 0 aliphatic rings. The molecule has 7 nitrogen and oxygen atoms in total. The highest BCUT2D eigenvalue weighted by atomic mass is 16.9. The normalized spacial score (nSPS) is 9.44. The number of hydroxylamine groups is 2. The summed E-state index contributed by atoms with van der Waals surface area (Å²) in [5.74, 6) is 4.09. The topological polar surface area (TPSA) is 94.2 Å². The Bertz CT molecular complexity index is 461. The Morgan fingerprint density at radius 1 is 1.44 bits per heavy atom. The van der Waals surface area contributed by atoms with E-state index >= 15 is 0 Å². The van der Waals surface area contributed by atoms with E-state index in [1.165, 1.54) is 0 Å². The summed E-state index contributed by atoms with van der Waals surface area (Å²) in [7, 11) is 0. The van der Waals surface area contributed by atoms with E-state index in [2.05, 4.69) is 27.3 Å². The fraction of sp³-hybridized carbons (Fsp3) is 0.182. The van der Waals surface area contributed by atoms with Crippen LogP contribution in [-0.4, -0.2) is 30.4 Å². The number of rotatable bonds is 3. The third-order valence-electron chi connectivity index (χ3n) is 2.10. The first-order valence-electron chi connectivity index (χ1n) is 5.10. The monoisotopic (exact) mass is 251 g/mol. The zero-order valence-corrected chi connectivity index (χ0v) is 9.83. The van der Waals surface area contributed by atoms with Crippen molar-refractivity contribution in [3.8, 4) is 0 Å². The SMILES string of the molecule is C=Nc1ccccc1C(=O)N(CC)OC(=O)ON. The molecule has 7 heteroatoms. The Labute approximate surface area is 104 Å². The van der Waals surface area contributed by atoms with Crippen LogP contribution in [0.5, 0.6) is 0 Å². The molecule has 1 aromatic rings. The van der Waals surface area contributed by atoms with Gasteiger partial charge in [0.05, 0.1) is 17.8 Å². The number of carbonyl (C=O) groups excluding carboxylic acids is 2. The van der Waals surface area contributed by atoms with Crippen molar-refractivity contribution in [3.05, 3.63) is 29.8 Å². The molecule has 2 N–H and O–H groups in total. The minimum atomic E-state index is -1.17. The molecule has 0 aliphatic carbocycles. The number of carbonyl (C=O) groups is 2. The Kier molecular flexibility index (Phi) is 4.82. The van der Waals surface area contributed by atoms with Gasteiger partial charge in [-0.25, -0.2) is 0 Å². The van der Waals surface area contributed by atoms with Gasteiger partial charge in [-0.1, -0.05) is 12.1 Å². The van der Waals surface area contributed by atoms with E-state index in [0.717, 1.165) is 5.06 Å². The van der Waals surface area contributed by atoms with Crippen molar-refractivity contribution in [2.75, 3.05) is 6.54 Å². The van der Waals surface area contributed by atoms with E-state index in [-0.39, 0.29) is 12.1 Å². The summed E-state index contributed by atoms with van der Waals surface area (Å²) in [5.41, 5.74) is 0.657. The van der Waals surface area contributed by atoms with Gasteiger partial charge in [-0.2, -0.15) is 15.8 Å². The second-order valence-electron chi connectivity index (χ2n) is 3.13. The fourth-order valence-corrected chi connectivity index (χ4v) is 1.29. The Morgan fingerprint density at radius 3 is 2.67 bits per heavy atom. The van der Waals surface area contributed by atoms with Crippen LogP contribution < -0.4 is 5.90 Å². The molecule has 0 saturated carbocycles. The lowest BCUT2D eigenvalue weighted by molar-refractivity contribution is -0.0965. The average Bonchev–Trinajstić information content (AvgIpc) is 2.43. The minimum absolute atomic E-state index is 0.138. The number of aliphatic imine (C=N–C) groups is 1. The molecule has 96 valence electrons. The molecule has 0 bridgehead atoms. The number of benzene rings is 1. The van der Waals surface area contributed by atoms with Crippen molar-refractivity contribution < 1.29 is 19.3 Å². The quantitative estimate of drug-likeness (QED) is 0.647. The predicted octanol–water partition coefficient (Wildman–Crippen LogP) is 1.42. The third-order valence-corrected chi connectivity index (χ3v) is 2.10. The van der Waals surface area contributed by atoms with Crippen molar-refractivity contribution in [1.29, 1.82) is 0 Å². The van der Waals surface area contributed by atoms with Gasteiger partial charge in [-0.05, 0) is 25.8 Å². The number of hydrogen-bond donors (Lipinski definition) is 1. The summed E-state index contributed by atoms with van der Waals surface area (Å²) in [6, 6.07) is 6.55. The molecule has 0 unspecified atom stereocenters. The molecule has 0 saturated heterocycles. The van der Waals surface area contributed by atoms with Crippen molar-refractivity contribution in [2.24, 2.45) is 10.9 Å². The van der Waals surface area contributed by atoms with Gasteiger partial charge in [-0.3, -0.25) is 9.79 Å². The van der Waals surface area contributed by atoms with Crippen molar-refractivity contribution >= 4 is 24.5 Å². The van der Waals surface area contributed by atoms with E-state index in [1.807, 2.05) is 0 Å². The highest BCUT2D eigenvalue weighted by molar-refractivity contribution is 5.99. The molecular weight excluding hydrogens is 238 g/mol. The number of nitrogens with two attached hydrogens (primary N) is 1. The number of amides is 1. The van der Waals surface area contributed by atoms with Crippen LogP contribution in [0, 0.1) is 0 Å². The first-order valence-corrected chi connectivity index (χ1v) is 5.10. The third kappa shape index (κ3) is 3.05. The van der Waals surface area contributed by atoms with Crippen LogP contribution >= 0.6 is 0 Å². The molecule has 0 heterocycles. The maximum atomic E-state index is 12.1. The highest BCUT2D eigenvalue weighted by Crippen LogP contribution is 2.19. The van der Waals surface area contributed by atoms with E-state index in [0.29, 0.717) is 5.69 Å². The summed E-state index contributed by atoms with van der Waals surface area (Å²) in [4.78, 5) is 35.1. The largest absolute Gasteiger partial charge is 0.553 e. The zero-order chi connectivity index (χ0) is 13.5. The van der Waals surface area contributed by atoms with Gasteiger partial charge in [-0.15, -0.1) is 0 Å². The van der Waals surface area contributed by atoms with Gasteiger partial charge in [0.15, 0.2) is 0 Å². The van der Waals surface area contributed by atoms with Gasteiger partial charge in [0.25, 0.3) is 5.91 Å². The molecule has 0 aromatic heterocycles. The predicted molar refractivity (Wildman–Crippen MR) is 64.1 cm³/mol. The van der Waals surface area contributed by atoms with Crippen molar-refractivity contribution in [1.82, 2.24) is 5.06 Å². The molecule has 0 atom stereocenters. The molecule has 1 amide bonds. The number of nitrogens with zero attached hydrogens (tertiary/aromatic N) is 2. The molecular formula is C11H13N3O4. The van der Waals surface area contributed by atoms with Crippen LogP contribution in [0.3, 0.4) is 0 Å². The Balaban J connectivity index is 2.96. The summed E-state index contributed by atoms with van der Waals surface area (Å²) in [5, 5.41) is 0.819. The van der Waals surface area contributed by atoms with Gasteiger partial charge in [0.2, 0.25) is 0 Å². The summed E-state index contributed by atoms with van der Waals surface area (Å²) in [6.07, 6.45) is -1.17. The van der Waals surface area contributed by atoms with Crippen LogP contribution in [-0.2, 0) is 9.68 Å². The smallest absolute Gasteiger partial charge is 0.340 e. The van der Waals surface area contributed by atoms with Gasteiger partial charge in [0.1, 0.15) is 0 Å². The fourth-order valence-electron chi connectivity index (χ4n) is 1.29. The lowest BCUT2D eigenvalue weighted by Gasteiger charge is -2.18. The highest BCUT2D eigenvalue weighted by Gasteiger charge is 2.21. The second-order valence-corrected chi connectivity index (χ2v) is 3.13. The lowest BCUT2D eigenvalue weighted by atomic mass is 10.1. The van der Waals surface area contributed by atoms with Crippen LogP contribution in [0.25, 0.3) is 0 Å². The molecule has 0 radical (unpaired) electrons. The zero-order valence-electron chi connectivity index (χ0n) is 9.83. The molecule has 1 aromatic carbocycles. The number of para-hydroxylation sites is 1. The van der Waals surface area contributed by atoms with Crippen molar-refractivity contribution in [2.45, 2.75) is 6.92 Å². The maximum Gasteiger partial charge on any atom is 0.553 e. The van der Waals surface area contributed by atoms with E-state index in [9.17, 15) is 9.59 Å². The summed E-state index contributed by atoms with van der Waals surface area (Å²) >= 11 is 0. The first-order chi connectivity index (χ1) is 8.63. The van der Waals surface area contributed by atoms with E-state index in [1.54, 1.807) is 31.2 Å². The minimum Gasteiger partial charge on any atom is -0.340 e. The first kappa shape index (κ1) is 13.7. The molecule has 18 heavy (non-hydrogen) atoms. The van der Waals surface area contributed by atoms with Crippen LogP contribution in [0.2, 0.25) is 0 Å². The van der Waals surface area contributed by atoms with Crippen LogP contribution in [0.4, 0.5) is 10.5 Å². The van der Waals surface area contributed by atoms with E-state index in [4.69, 9.17) is 0 Å². The van der Waals surface area contributed by atoms with Gasteiger partial charge in [0, 0.05) is 0 Å². The molecule has 1 rings (SSSR count).